The van der Waals surface area contributed by atoms with Gasteiger partial charge in [0.25, 0.3) is 17.7 Å². The Bertz CT molecular complexity index is 585. The fourth-order valence-corrected chi connectivity index (χ4v) is 2.04. The Labute approximate surface area is 115 Å². The topological polar surface area (TPSA) is 113 Å². The van der Waals surface area contributed by atoms with Gasteiger partial charge in [0.15, 0.2) is 0 Å². The van der Waals surface area contributed by atoms with Gasteiger partial charge in [-0.3, -0.25) is 19.6 Å². The molecule has 3 amide bonds. The normalized spacial score (nSPS) is 19.1. The molecule has 2 rings (SSSR count). The molecule has 0 aliphatic carbocycles. The number of anilines is 1. The van der Waals surface area contributed by atoms with E-state index in [0.29, 0.717) is 16.8 Å². The van der Waals surface area contributed by atoms with Gasteiger partial charge >= 0.3 is 0 Å². The summed E-state index contributed by atoms with van der Waals surface area (Å²) in [4.78, 5) is 34.9. The molecule has 0 saturated carbocycles. The van der Waals surface area contributed by atoms with Crippen molar-refractivity contribution in [1.29, 1.82) is 0 Å². The minimum atomic E-state index is -0.911. The second-order valence-electron chi connectivity index (χ2n) is 4.63. The van der Waals surface area contributed by atoms with Gasteiger partial charge in [-0.25, -0.2) is 0 Å². The summed E-state index contributed by atoms with van der Waals surface area (Å²) in [5.41, 5.74) is 7.17. The second-order valence-corrected chi connectivity index (χ2v) is 4.63. The smallest absolute Gasteiger partial charge is 0.275 e. The molecule has 7 nitrogen and oxygen atoms in total. The highest BCUT2D eigenvalue weighted by molar-refractivity contribution is 6.03. The third kappa shape index (κ3) is 2.48. The number of amides is 3. The molecule has 1 atom stereocenters. The summed E-state index contributed by atoms with van der Waals surface area (Å²) in [6.45, 7) is 1.70. The Balaban J connectivity index is 2.14. The summed E-state index contributed by atoms with van der Waals surface area (Å²) in [7, 11) is 0. The molecule has 1 aromatic rings. The number of rotatable bonds is 2. The lowest BCUT2D eigenvalue weighted by atomic mass is 10.0. The number of nitrogens with two attached hydrogens (primary N) is 1. The van der Waals surface area contributed by atoms with Crippen LogP contribution in [0.25, 0.3) is 0 Å². The molecular weight excluding hydrogens is 262 g/mol. The van der Waals surface area contributed by atoms with Crippen molar-refractivity contribution < 1.29 is 19.6 Å². The van der Waals surface area contributed by atoms with Crippen LogP contribution in [-0.4, -0.2) is 34.0 Å². The molecule has 1 aliphatic rings. The molecule has 0 radical (unpaired) electrons. The van der Waals surface area contributed by atoms with Crippen LogP contribution in [0.2, 0.25) is 0 Å². The molecule has 7 heteroatoms. The summed E-state index contributed by atoms with van der Waals surface area (Å²) < 4.78 is 0. The zero-order valence-corrected chi connectivity index (χ0v) is 10.9. The minimum absolute atomic E-state index is 0.00307. The van der Waals surface area contributed by atoms with Crippen molar-refractivity contribution in [3.63, 3.8) is 0 Å². The SMILES string of the molecule is Cc1c(N)cccc1C(=O)NC1CCC(=O)N(O)C1=O. The molecule has 0 bridgehead atoms. The minimum Gasteiger partial charge on any atom is -0.398 e. The van der Waals surface area contributed by atoms with E-state index in [1.54, 1.807) is 25.1 Å². The van der Waals surface area contributed by atoms with E-state index < -0.39 is 23.8 Å². The van der Waals surface area contributed by atoms with E-state index in [2.05, 4.69) is 5.32 Å². The van der Waals surface area contributed by atoms with Crippen molar-refractivity contribution in [2.24, 2.45) is 0 Å². The maximum absolute atomic E-state index is 12.1. The number of benzene rings is 1. The van der Waals surface area contributed by atoms with E-state index in [4.69, 9.17) is 5.73 Å². The zero-order valence-electron chi connectivity index (χ0n) is 10.9. The molecule has 1 saturated heterocycles. The van der Waals surface area contributed by atoms with E-state index in [1.807, 2.05) is 0 Å². The van der Waals surface area contributed by atoms with Gasteiger partial charge in [-0.2, -0.15) is 5.06 Å². The van der Waals surface area contributed by atoms with E-state index >= 15 is 0 Å². The van der Waals surface area contributed by atoms with E-state index in [-0.39, 0.29) is 17.9 Å². The lowest BCUT2D eigenvalue weighted by Crippen LogP contribution is -2.53. The monoisotopic (exact) mass is 277 g/mol. The largest absolute Gasteiger partial charge is 0.398 e. The first-order valence-electron chi connectivity index (χ1n) is 6.13. The highest BCUT2D eigenvalue weighted by atomic mass is 16.5. The molecule has 4 N–H and O–H groups in total. The molecule has 106 valence electrons. The molecular formula is C13H15N3O4. The average molecular weight is 277 g/mol. The van der Waals surface area contributed by atoms with Crippen LogP contribution < -0.4 is 11.1 Å². The fraction of sp³-hybridized carbons (Fsp3) is 0.308. The summed E-state index contributed by atoms with van der Waals surface area (Å²) in [5, 5.41) is 11.8. The molecule has 1 unspecified atom stereocenters. The van der Waals surface area contributed by atoms with Crippen molar-refractivity contribution in [3.8, 4) is 0 Å². The number of carbonyl (C=O) groups is 3. The van der Waals surface area contributed by atoms with Gasteiger partial charge < -0.3 is 11.1 Å². The van der Waals surface area contributed by atoms with Crippen LogP contribution in [-0.2, 0) is 9.59 Å². The molecule has 0 aromatic heterocycles. The van der Waals surface area contributed by atoms with Crippen molar-refractivity contribution in [2.75, 3.05) is 5.73 Å². The highest BCUT2D eigenvalue weighted by Crippen LogP contribution is 2.17. The second kappa shape index (κ2) is 5.30. The molecule has 1 fully saturated rings. The number of hydroxylamine groups is 2. The molecule has 1 aromatic carbocycles. The average Bonchev–Trinajstić information content (AvgIpc) is 2.42. The Kier molecular flexibility index (Phi) is 3.71. The van der Waals surface area contributed by atoms with Crippen LogP contribution in [0.15, 0.2) is 18.2 Å². The van der Waals surface area contributed by atoms with Crippen LogP contribution in [0, 0.1) is 6.92 Å². The van der Waals surface area contributed by atoms with Gasteiger partial charge in [-0.15, -0.1) is 0 Å². The third-order valence-corrected chi connectivity index (χ3v) is 3.32. The van der Waals surface area contributed by atoms with E-state index in [9.17, 15) is 19.6 Å². The fourth-order valence-electron chi connectivity index (χ4n) is 2.04. The maximum Gasteiger partial charge on any atom is 0.275 e. The lowest BCUT2D eigenvalue weighted by molar-refractivity contribution is -0.184. The Morgan fingerprint density at radius 2 is 2.15 bits per heavy atom. The summed E-state index contributed by atoms with van der Waals surface area (Å²) in [6, 6.07) is 4.00. The third-order valence-electron chi connectivity index (χ3n) is 3.32. The first-order chi connectivity index (χ1) is 9.41. The number of nitrogens with zero attached hydrogens (tertiary/aromatic N) is 1. The number of hydrogen-bond acceptors (Lipinski definition) is 5. The van der Waals surface area contributed by atoms with Gasteiger partial charge in [0.05, 0.1) is 0 Å². The van der Waals surface area contributed by atoms with Crippen molar-refractivity contribution in [3.05, 3.63) is 29.3 Å². The number of nitrogen functional groups attached to an aromatic ring is 1. The van der Waals surface area contributed by atoms with Crippen LogP contribution in [0.1, 0.15) is 28.8 Å². The predicted molar refractivity (Wildman–Crippen MR) is 69.7 cm³/mol. The predicted octanol–water partition coefficient (Wildman–Crippen LogP) is 0.214. The quantitative estimate of drug-likeness (QED) is 0.406. The Morgan fingerprint density at radius 3 is 2.85 bits per heavy atom. The lowest BCUT2D eigenvalue weighted by Gasteiger charge is -2.26. The molecule has 0 spiro atoms. The highest BCUT2D eigenvalue weighted by Gasteiger charge is 2.34. The first-order valence-corrected chi connectivity index (χ1v) is 6.13. The van der Waals surface area contributed by atoms with Gasteiger partial charge in [0, 0.05) is 17.7 Å². The van der Waals surface area contributed by atoms with Gasteiger partial charge in [0.1, 0.15) is 6.04 Å². The summed E-state index contributed by atoms with van der Waals surface area (Å²) in [5.74, 6) is -1.95. The maximum atomic E-state index is 12.1. The van der Waals surface area contributed by atoms with Crippen LogP contribution >= 0.6 is 0 Å². The van der Waals surface area contributed by atoms with Gasteiger partial charge in [-0.05, 0) is 31.0 Å². The van der Waals surface area contributed by atoms with Crippen molar-refractivity contribution in [2.45, 2.75) is 25.8 Å². The van der Waals surface area contributed by atoms with Crippen molar-refractivity contribution in [1.82, 2.24) is 10.4 Å². The summed E-state index contributed by atoms with van der Waals surface area (Å²) in [6.07, 6.45) is 0.172. The van der Waals surface area contributed by atoms with Crippen molar-refractivity contribution >= 4 is 23.4 Å². The number of carbonyl (C=O) groups excluding carboxylic acids is 3. The molecule has 1 aliphatic heterocycles. The number of imide groups is 1. The molecule has 1 heterocycles. The van der Waals surface area contributed by atoms with Crippen LogP contribution in [0.5, 0.6) is 0 Å². The summed E-state index contributed by atoms with van der Waals surface area (Å²) >= 11 is 0. The Hall–Kier alpha value is -2.41. The number of nitrogens with one attached hydrogen (secondary N) is 1. The molecule has 20 heavy (non-hydrogen) atoms. The van der Waals surface area contributed by atoms with E-state index in [1.165, 1.54) is 0 Å². The number of piperidine rings is 1. The standard InChI is InChI=1S/C13H15N3O4/c1-7-8(3-2-4-9(7)14)12(18)15-10-5-6-11(17)16(20)13(10)19/h2-4,10,20H,5-6,14H2,1H3,(H,15,18). The van der Waals surface area contributed by atoms with Gasteiger partial charge in [0.2, 0.25) is 0 Å². The number of hydrogen-bond donors (Lipinski definition) is 3. The first kappa shape index (κ1) is 14.0. The zero-order chi connectivity index (χ0) is 14.9. The Morgan fingerprint density at radius 1 is 1.45 bits per heavy atom. The van der Waals surface area contributed by atoms with Crippen LogP contribution in [0.3, 0.4) is 0 Å². The van der Waals surface area contributed by atoms with E-state index in [0.717, 1.165) is 0 Å². The van der Waals surface area contributed by atoms with Crippen LogP contribution in [0.4, 0.5) is 5.69 Å². The van der Waals surface area contributed by atoms with Gasteiger partial charge in [-0.1, -0.05) is 6.07 Å².